The van der Waals surface area contributed by atoms with E-state index < -0.39 is 4.87 Å². The van der Waals surface area contributed by atoms with Gasteiger partial charge in [0.1, 0.15) is 5.04 Å². The van der Waals surface area contributed by atoms with Crippen LogP contribution >= 0.6 is 11.8 Å². The second kappa shape index (κ2) is 4.36. The number of nitrogens with zero attached hydrogens (tertiary/aromatic N) is 1. The van der Waals surface area contributed by atoms with Crippen LogP contribution in [0, 0.1) is 6.92 Å². The molecule has 0 fully saturated rings. The molecule has 5 heteroatoms. The molecule has 0 radical (unpaired) electrons. The molecule has 1 spiro atoms. The quantitative estimate of drug-likeness (QED) is 0.850. The third kappa shape index (κ3) is 1.70. The summed E-state index contributed by atoms with van der Waals surface area (Å²) < 4.78 is 0. The van der Waals surface area contributed by atoms with Crippen molar-refractivity contribution in [1.29, 1.82) is 0 Å². The second-order valence-corrected chi connectivity index (χ2v) is 6.33. The zero-order valence-corrected chi connectivity index (χ0v) is 12.2. The van der Waals surface area contributed by atoms with Gasteiger partial charge in [0.05, 0.1) is 5.69 Å². The number of carbonyl (C=O) groups is 1. The van der Waals surface area contributed by atoms with Gasteiger partial charge in [-0.3, -0.25) is 10.2 Å². The summed E-state index contributed by atoms with van der Waals surface area (Å²) in [5.41, 5.74) is 6.98. The number of anilines is 1. The summed E-state index contributed by atoms with van der Waals surface area (Å²) >= 11 is 1.46. The van der Waals surface area contributed by atoms with E-state index in [-0.39, 0.29) is 5.91 Å². The lowest BCUT2D eigenvalue weighted by Gasteiger charge is -2.19. The lowest BCUT2D eigenvalue weighted by Crippen LogP contribution is -2.39. The fraction of sp³-hybridized carbons (Fsp3) is 0.125. The number of benzene rings is 2. The normalized spacial score (nSPS) is 22.7. The molecular weight excluding hydrogens is 282 g/mol. The van der Waals surface area contributed by atoms with Gasteiger partial charge in [-0.25, -0.2) is 0 Å². The van der Waals surface area contributed by atoms with Crippen molar-refractivity contribution < 1.29 is 4.79 Å². The molecule has 0 unspecified atom stereocenters. The highest BCUT2D eigenvalue weighted by Crippen LogP contribution is 2.48. The molecule has 2 aliphatic heterocycles. The van der Waals surface area contributed by atoms with Crippen molar-refractivity contribution in [2.45, 2.75) is 11.8 Å². The number of rotatable bonds is 1. The van der Waals surface area contributed by atoms with Crippen LogP contribution in [-0.2, 0) is 9.67 Å². The van der Waals surface area contributed by atoms with Gasteiger partial charge in [-0.1, -0.05) is 60.3 Å². The number of amides is 1. The van der Waals surface area contributed by atoms with Gasteiger partial charge in [-0.15, -0.1) is 0 Å². The molecule has 0 bridgehead atoms. The molecule has 0 aromatic heterocycles. The first-order valence-corrected chi connectivity index (χ1v) is 7.53. The minimum absolute atomic E-state index is 0.0634. The number of nitrogens with one attached hydrogen (secondary N) is 2. The fourth-order valence-corrected chi connectivity index (χ4v) is 3.84. The molecule has 2 N–H and O–H groups in total. The van der Waals surface area contributed by atoms with E-state index in [0.29, 0.717) is 0 Å². The molecule has 2 aromatic rings. The Bertz CT molecular complexity index is 772. The topological polar surface area (TPSA) is 53.5 Å². The Hall–Kier alpha value is -2.27. The summed E-state index contributed by atoms with van der Waals surface area (Å²) in [5.74, 6) is -0.0634. The first-order valence-electron chi connectivity index (χ1n) is 6.71. The predicted molar refractivity (Wildman–Crippen MR) is 85.2 cm³/mol. The number of carbonyl (C=O) groups excluding carboxylic acids is 1. The van der Waals surface area contributed by atoms with Crippen LogP contribution in [-0.4, -0.2) is 11.0 Å². The largest absolute Gasteiger partial charge is 0.322 e. The average Bonchev–Trinajstić information content (AvgIpc) is 3.07. The van der Waals surface area contributed by atoms with Gasteiger partial charge in [0.15, 0.2) is 0 Å². The molecule has 21 heavy (non-hydrogen) atoms. The smallest absolute Gasteiger partial charge is 0.267 e. The Morgan fingerprint density at radius 1 is 1.10 bits per heavy atom. The van der Waals surface area contributed by atoms with Crippen LogP contribution in [0.1, 0.15) is 16.7 Å². The van der Waals surface area contributed by atoms with Crippen molar-refractivity contribution >= 4 is 28.4 Å². The predicted octanol–water partition coefficient (Wildman–Crippen LogP) is 2.80. The summed E-state index contributed by atoms with van der Waals surface area (Å²) in [6.45, 7) is 2.00. The van der Waals surface area contributed by atoms with Gasteiger partial charge in [0, 0.05) is 11.1 Å². The summed E-state index contributed by atoms with van der Waals surface area (Å²) in [6, 6.07) is 15.8. The molecule has 4 rings (SSSR count). The van der Waals surface area contributed by atoms with Gasteiger partial charge in [-0.05, 0) is 12.5 Å². The minimum Gasteiger partial charge on any atom is -0.322 e. The molecule has 2 heterocycles. The molecule has 2 aromatic carbocycles. The highest BCUT2D eigenvalue weighted by atomic mass is 32.2. The Labute approximate surface area is 126 Å². The molecule has 1 atom stereocenters. The molecule has 104 valence electrons. The first-order chi connectivity index (χ1) is 10.2. The summed E-state index contributed by atoms with van der Waals surface area (Å²) in [4.78, 5) is 11.7. The molecular formula is C16H13N3OS. The number of thioether (sulfide) groups is 1. The van der Waals surface area contributed by atoms with Gasteiger partial charge < -0.3 is 5.32 Å². The number of hydrazone groups is 1. The van der Waals surface area contributed by atoms with Gasteiger partial charge >= 0.3 is 0 Å². The number of hydrogen-bond donors (Lipinski definition) is 2. The Morgan fingerprint density at radius 2 is 1.90 bits per heavy atom. The molecule has 2 aliphatic rings. The van der Waals surface area contributed by atoms with E-state index in [0.717, 1.165) is 27.4 Å². The maximum atomic E-state index is 12.5. The van der Waals surface area contributed by atoms with Crippen LogP contribution in [0.25, 0.3) is 0 Å². The van der Waals surface area contributed by atoms with Crippen molar-refractivity contribution in [1.82, 2.24) is 5.43 Å². The van der Waals surface area contributed by atoms with E-state index in [1.54, 1.807) is 0 Å². The molecule has 1 amide bonds. The van der Waals surface area contributed by atoms with E-state index in [9.17, 15) is 4.79 Å². The maximum Gasteiger partial charge on any atom is 0.267 e. The zero-order valence-electron chi connectivity index (χ0n) is 11.4. The Morgan fingerprint density at radius 3 is 2.71 bits per heavy atom. The highest BCUT2D eigenvalue weighted by molar-refractivity contribution is 8.16. The fourth-order valence-electron chi connectivity index (χ4n) is 2.69. The minimum atomic E-state index is -0.841. The third-order valence-electron chi connectivity index (χ3n) is 3.80. The molecule has 4 nitrogen and oxygen atoms in total. The van der Waals surface area contributed by atoms with E-state index in [1.165, 1.54) is 11.8 Å². The van der Waals surface area contributed by atoms with Crippen LogP contribution in [0.3, 0.4) is 0 Å². The SMILES string of the molecule is Cc1cccc2c1NC(=O)[C@@]21NN=C(c2ccccc2)S1. The van der Waals surface area contributed by atoms with E-state index in [4.69, 9.17) is 0 Å². The van der Waals surface area contributed by atoms with E-state index in [2.05, 4.69) is 15.8 Å². The van der Waals surface area contributed by atoms with Gasteiger partial charge in [0.2, 0.25) is 4.87 Å². The average molecular weight is 295 g/mol. The molecule has 0 aliphatic carbocycles. The maximum absolute atomic E-state index is 12.5. The first kappa shape index (κ1) is 12.5. The lowest BCUT2D eigenvalue weighted by atomic mass is 10.1. The van der Waals surface area contributed by atoms with Crippen molar-refractivity contribution in [3.05, 3.63) is 65.2 Å². The van der Waals surface area contributed by atoms with Crippen molar-refractivity contribution in [2.75, 3.05) is 5.32 Å². The Kier molecular flexibility index (Phi) is 2.59. The third-order valence-corrected chi connectivity index (χ3v) is 5.12. The van der Waals surface area contributed by atoms with Crippen molar-refractivity contribution in [2.24, 2.45) is 5.10 Å². The monoisotopic (exact) mass is 295 g/mol. The van der Waals surface area contributed by atoms with Crippen LogP contribution < -0.4 is 10.7 Å². The Balaban J connectivity index is 1.76. The van der Waals surface area contributed by atoms with E-state index >= 15 is 0 Å². The van der Waals surface area contributed by atoms with Crippen LogP contribution in [0.5, 0.6) is 0 Å². The van der Waals surface area contributed by atoms with Crippen LogP contribution in [0.4, 0.5) is 5.69 Å². The van der Waals surface area contributed by atoms with Crippen molar-refractivity contribution in [3.8, 4) is 0 Å². The molecule has 0 saturated carbocycles. The molecule has 0 saturated heterocycles. The summed E-state index contributed by atoms with van der Waals surface area (Å²) in [6.07, 6.45) is 0. The van der Waals surface area contributed by atoms with Crippen LogP contribution in [0.15, 0.2) is 53.6 Å². The van der Waals surface area contributed by atoms with Gasteiger partial charge in [-0.2, -0.15) is 5.10 Å². The standard InChI is InChI=1S/C16H13N3OS/c1-10-6-5-9-12-13(10)17-15(20)16(12)19-18-14(21-16)11-7-3-2-4-8-11/h2-9,19H,1H3,(H,17,20)/t16-/m1/s1. The number of para-hydroxylation sites is 1. The zero-order chi connectivity index (χ0) is 14.4. The summed E-state index contributed by atoms with van der Waals surface area (Å²) in [5, 5.41) is 8.20. The number of aryl methyl sites for hydroxylation is 1. The summed E-state index contributed by atoms with van der Waals surface area (Å²) in [7, 11) is 0. The second-order valence-electron chi connectivity index (χ2n) is 5.13. The van der Waals surface area contributed by atoms with Crippen molar-refractivity contribution in [3.63, 3.8) is 0 Å². The number of fused-ring (bicyclic) bond motifs is 2. The van der Waals surface area contributed by atoms with E-state index in [1.807, 2.05) is 55.5 Å². The number of hydrogen-bond acceptors (Lipinski definition) is 4. The lowest BCUT2D eigenvalue weighted by molar-refractivity contribution is -0.118. The highest BCUT2D eigenvalue weighted by Gasteiger charge is 2.52. The van der Waals surface area contributed by atoms with Crippen LogP contribution in [0.2, 0.25) is 0 Å². The van der Waals surface area contributed by atoms with Gasteiger partial charge in [0.25, 0.3) is 5.91 Å².